The Balaban J connectivity index is 1.98. The Labute approximate surface area is 110 Å². The molecule has 0 saturated carbocycles. The largest absolute Gasteiger partial charge is 0.322 e. The number of benzene rings is 1. The highest BCUT2D eigenvalue weighted by atomic mass is 32.1. The van der Waals surface area contributed by atoms with Crippen LogP contribution in [-0.2, 0) is 6.54 Å². The molecule has 1 N–H and O–H groups in total. The van der Waals surface area contributed by atoms with Gasteiger partial charge in [0.15, 0.2) is 0 Å². The number of hydrogen-bond donors (Lipinski definition) is 1. The molecule has 0 aliphatic heterocycles. The first-order valence-electron chi connectivity index (χ1n) is 5.67. The molecule has 0 unspecified atom stereocenters. The third-order valence-electron chi connectivity index (χ3n) is 2.48. The smallest absolute Gasteiger partial charge is 0.320 e. The van der Waals surface area contributed by atoms with Gasteiger partial charge >= 0.3 is 6.03 Å². The predicted molar refractivity (Wildman–Crippen MR) is 71.5 cm³/mol. The highest BCUT2D eigenvalue weighted by Crippen LogP contribution is 2.11. The van der Waals surface area contributed by atoms with Gasteiger partial charge in [0.2, 0.25) is 0 Å². The minimum atomic E-state index is -0.132. The minimum Gasteiger partial charge on any atom is -0.320 e. The fraction of sp³-hybridized carbons (Fsp3) is 0.250. The molecule has 5 nitrogen and oxygen atoms in total. The van der Waals surface area contributed by atoms with Gasteiger partial charge in [-0.3, -0.25) is 5.32 Å². The lowest BCUT2D eigenvalue weighted by Crippen LogP contribution is -2.34. The average Bonchev–Trinajstić information content (AvgIpc) is 2.90. The number of rotatable bonds is 4. The van der Waals surface area contributed by atoms with E-state index >= 15 is 0 Å². The average molecular weight is 262 g/mol. The molecule has 0 atom stereocenters. The van der Waals surface area contributed by atoms with E-state index in [1.807, 2.05) is 37.3 Å². The van der Waals surface area contributed by atoms with E-state index in [1.165, 1.54) is 11.5 Å². The van der Waals surface area contributed by atoms with E-state index in [1.54, 1.807) is 11.1 Å². The highest BCUT2D eigenvalue weighted by Gasteiger charge is 2.12. The Morgan fingerprint density at radius 1 is 1.39 bits per heavy atom. The number of urea groups is 1. The molecule has 0 fully saturated rings. The quantitative estimate of drug-likeness (QED) is 0.921. The fourth-order valence-corrected chi connectivity index (χ4v) is 1.95. The number of nitrogens with zero attached hydrogens (tertiary/aromatic N) is 3. The topological polar surface area (TPSA) is 58.1 Å². The van der Waals surface area contributed by atoms with E-state index in [2.05, 4.69) is 14.9 Å². The molecule has 1 aromatic heterocycles. The summed E-state index contributed by atoms with van der Waals surface area (Å²) >= 11 is 1.17. The van der Waals surface area contributed by atoms with Crippen LogP contribution in [0.25, 0.3) is 0 Å². The van der Waals surface area contributed by atoms with Crippen molar-refractivity contribution in [3.63, 3.8) is 0 Å². The van der Waals surface area contributed by atoms with Gasteiger partial charge in [-0.25, -0.2) is 4.79 Å². The Morgan fingerprint density at radius 3 is 2.78 bits per heavy atom. The van der Waals surface area contributed by atoms with Crippen LogP contribution in [0.5, 0.6) is 0 Å². The van der Waals surface area contributed by atoms with E-state index in [9.17, 15) is 4.79 Å². The number of carbonyl (C=O) groups excluding carboxylic acids is 1. The molecule has 0 saturated heterocycles. The van der Waals surface area contributed by atoms with Crippen LogP contribution in [-0.4, -0.2) is 27.1 Å². The molecule has 0 radical (unpaired) electrons. The summed E-state index contributed by atoms with van der Waals surface area (Å²) in [4.78, 5) is 13.7. The normalized spacial score (nSPS) is 10.1. The van der Waals surface area contributed by atoms with Crippen molar-refractivity contribution in [2.24, 2.45) is 0 Å². The molecular formula is C12H14N4OS. The van der Waals surface area contributed by atoms with Crippen LogP contribution in [0.15, 0.2) is 36.5 Å². The first kappa shape index (κ1) is 12.5. The van der Waals surface area contributed by atoms with Crippen LogP contribution in [0.1, 0.15) is 12.5 Å². The molecule has 2 amide bonds. The van der Waals surface area contributed by atoms with Crippen LogP contribution in [0.3, 0.4) is 0 Å². The lowest BCUT2D eigenvalue weighted by molar-refractivity contribution is 0.212. The molecular weight excluding hydrogens is 248 g/mol. The second kappa shape index (κ2) is 6.11. The maximum atomic E-state index is 12.0. The van der Waals surface area contributed by atoms with Gasteiger partial charge in [-0.1, -0.05) is 34.8 Å². The summed E-state index contributed by atoms with van der Waals surface area (Å²) in [6.45, 7) is 3.19. The molecule has 0 spiro atoms. The van der Waals surface area contributed by atoms with E-state index < -0.39 is 0 Å². The van der Waals surface area contributed by atoms with Gasteiger partial charge in [0.1, 0.15) is 5.00 Å². The van der Waals surface area contributed by atoms with E-state index in [0.29, 0.717) is 18.1 Å². The second-order valence-electron chi connectivity index (χ2n) is 3.71. The molecule has 6 heteroatoms. The zero-order valence-corrected chi connectivity index (χ0v) is 10.9. The summed E-state index contributed by atoms with van der Waals surface area (Å²) in [6.07, 6.45) is 1.54. The van der Waals surface area contributed by atoms with Gasteiger partial charge < -0.3 is 4.90 Å². The summed E-state index contributed by atoms with van der Waals surface area (Å²) in [5, 5.41) is 7.11. The van der Waals surface area contributed by atoms with Gasteiger partial charge in [-0.2, -0.15) is 0 Å². The van der Waals surface area contributed by atoms with Crippen molar-refractivity contribution in [1.82, 2.24) is 14.5 Å². The van der Waals surface area contributed by atoms with Crippen molar-refractivity contribution in [2.45, 2.75) is 13.5 Å². The number of amides is 2. The van der Waals surface area contributed by atoms with Crippen LogP contribution in [0, 0.1) is 0 Å². The SMILES string of the molecule is CCN(Cc1ccccc1)C(=O)Nc1cnns1. The van der Waals surface area contributed by atoms with Gasteiger partial charge in [-0.05, 0) is 12.5 Å². The molecule has 0 bridgehead atoms. The summed E-state index contributed by atoms with van der Waals surface area (Å²) < 4.78 is 3.70. The molecule has 1 aromatic carbocycles. The summed E-state index contributed by atoms with van der Waals surface area (Å²) in [5.74, 6) is 0. The number of anilines is 1. The lowest BCUT2D eigenvalue weighted by Gasteiger charge is -2.20. The van der Waals surface area contributed by atoms with Crippen molar-refractivity contribution >= 4 is 22.6 Å². The Bertz CT molecular complexity index is 486. The first-order valence-corrected chi connectivity index (χ1v) is 6.44. The molecule has 1 heterocycles. The van der Waals surface area contributed by atoms with Crippen molar-refractivity contribution in [1.29, 1.82) is 0 Å². The maximum absolute atomic E-state index is 12.0. The second-order valence-corrected chi connectivity index (χ2v) is 4.50. The third-order valence-corrected chi connectivity index (χ3v) is 3.06. The zero-order chi connectivity index (χ0) is 12.8. The van der Waals surface area contributed by atoms with E-state index in [0.717, 1.165) is 5.56 Å². The summed E-state index contributed by atoms with van der Waals surface area (Å²) in [7, 11) is 0. The zero-order valence-electron chi connectivity index (χ0n) is 10.0. The van der Waals surface area contributed by atoms with Crippen LogP contribution in [0.2, 0.25) is 0 Å². The van der Waals surface area contributed by atoms with Crippen LogP contribution in [0.4, 0.5) is 9.80 Å². The van der Waals surface area contributed by atoms with Gasteiger partial charge in [0, 0.05) is 24.6 Å². The number of aromatic nitrogens is 2. The first-order chi connectivity index (χ1) is 8.79. The predicted octanol–water partition coefficient (Wildman–Crippen LogP) is 2.59. The minimum absolute atomic E-state index is 0.132. The number of hydrogen-bond acceptors (Lipinski definition) is 4. The number of nitrogens with one attached hydrogen (secondary N) is 1. The lowest BCUT2D eigenvalue weighted by atomic mass is 10.2. The Hall–Kier alpha value is -1.95. The Kier molecular flexibility index (Phi) is 4.25. The van der Waals surface area contributed by atoms with Crippen LogP contribution >= 0.6 is 11.5 Å². The molecule has 0 aliphatic carbocycles. The van der Waals surface area contributed by atoms with Crippen molar-refractivity contribution in [2.75, 3.05) is 11.9 Å². The monoisotopic (exact) mass is 262 g/mol. The molecule has 2 rings (SSSR count). The van der Waals surface area contributed by atoms with E-state index in [4.69, 9.17) is 0 Å². The van der Waals surface area contributed by atoms with Gasteiger partial charge in [0.25, 0.3) is 0 Å². The third kappa shape index (κ3) is 3.27. The molecule has 18 heavy (non-hydrogen) atoms. The van der Waals surface area contributed by atoms with Crippen molar-refractivity contribution in [3.8, 4) is 0 Å². The van der Waals surface area contributed by atoms with Crippen molar-refractivity contribution in [3.05, 3.63) is 42.1 Å². The number of carbonyl (C=O) groups is 1. The van der Waals surface area contributed by atoms with Crippen LogP contribution < -0.4 is 5.32 Å². The van der Waals surface area contributed by atoms with E-state index in [-0.39, 0.29) is 6.03 Å². The summed E-state index contributed by atoms with van der Waals surface area (Å²) in [5.41, 5.74) is 1.11. The summed E-state index contributed by atoms with van der Waals surface area (Å²) in [6, 6.07) is 9.77. The molecule has 94 valence electrons. The van der Waals surface area contributed by atoms with Gasteiger partial charge in [0.05, 0.1) is 6.20 Å². The maximum Gasteiger partial charge on any atom is 0.322 e. The highest BCUT2D eigenvalue weighted by molar-refractivity contribution is 7.10. The van der Waals surface area contributed by atoms with Crippen molar-refractivity contribution < 1.29 is 4.79 Å². The van der Waals surface area contributed by atoms with Gasteiger partial charge in [-0.15, -0.1) is 5.10 Å². The molecule has 2 aromatic rings. The standard InChI is InChI=1S/C12H14N4OS/c1-2-16(9-10-6-4-3-5-7-10)12(17)14-11-8-13-15-18-11/h3-8H,2,9H2,1H3,(H,14,17). The Morgan fingerprint density at radius 2 is 2.17 bits per heavy atom. The fourth-order valence-electron chi connectivity index (χ4n) is 1.54. The molecule has 0 aliphatic rings.